The largest absolute Gasteiger partial charge is 0.334 e. The van der Waals surface area contributed by atoms with E-state index in [1.807, 2.05) is 41.3 Å². The van der Waals surface area contributed by atoms with Crippen LogP contribution in [0.3, 0.4) is 0 Å². The molecule has 25 heavy (non-hydrogen) atoms. The van der Waals surface area contributed by atoms with Crippen LogP contribution in [-0.2, 0) is 17.9 Å². The van der Waals surface area contributed by atoms with Crippen LogP contribution in [0.25, 0.3) is 0 Å². The molecule has 0 aliphatic carbocycles. The fourth-order valence-corrected chi connectivity index (χ4v) is 2.77. The minimum absolute atomic E-state index is 0. The molecule has 2 rings (SSSR count). The lowest BCUT2D eigenvalue weighted by Gasteiger charge is -2.23. The van der Waals surface area contributed by atoms with E-state index < -0.39 is 0 Å². The fraction of sp³-hybridized carbons (Fsp3) is 0.381. The van der Waals surface area contributed by atoms with E-state index in [9.17, 15) is 4.79 Å². The van der Waals surface area contributed by atoms with Crippen LogP contribution in [0.15, 0.2) is 60.7 Å². The molecule has 1 amide bonds. The van der Waals surface area contributed by atoms with Gasteiger partial charge in [0.25, 0.3) is 0 Å². The van der Waals surface area contributed by atoms with Crippen molar-refractivity contribution in [2.24, 2.45) is 5.73 Å². The van der Waals surface area contributed by atoms with Gasteiger partial charge in [0, 0.05) is 19.5 Å². The molecular weight excluding hydrogens is 332 g/mol. The highest BCUT2D eigenvalue weighted by Crippen LogP contribution is 2.13. The zero-order valence-corrected chi connectivity index (χ0v) is 15.6. The van der Waals surface area contributed by atoms with Crippen LogP contribution in [0.2, 0.25) is 0 Å². The summed E-state index contributed by atoms with van der Waals surface area (Å²) in [6.07, 6.45) is 4.80. The van der Waals surface area contributed by atoms with E-state index in [0.717, 1.165) is 32.2 Å². The number of carbonyl (C=O) groups excluding carboxylic acids is 1. The van der Waals surface area contributed by atoms with Gasteiger partial charge < -0.3 is 10.6 Å². The zero-order valence-electron chi connectivity index (χ0n) is 14.8. The van der Waals surface area contributed by atoms with Crippen molar-refractivity contribution in [1.82, 2.24) is 4.90 Å². The molecule has 0 unspecified atom stereocenters. The number of amides is 1. The molecule has 4 heteroatoms. The Morgan fingerprint density at radius 2 is 1.24 bits per heavy atom. The minimum atomic E-state index is 0. The lowest BCUT2D eigenvalue weighted by Crippen LogP contribution is -2.29. The second kappa shape index (κ2) is 12.5. The van der Waals surface area contributed by atoms with Crippen LogP contribution in [0.1, 0.15) is 43.2 Å². The van der Waals surface area contributed by atoms with Crippen molar-refractivity contribution >= 4 is 18.3 Å². The molecule has 0 spiro atoms. The molecule has 2 N–H and O–H groups in total. The second-order valence-electron chi connectivity index (χ2n) is 6.17. The molecular formula is C21H29ClN2O. The van der Waals surface area contributed by atoms with Gasteiger partial charge in [0.1, 0.15) is 0 Å². The first kappa shape index (κ1) is 21.2. The number of rotatable bonds is 10. The van der Waals surface area contributed by atoms with Crippen molar-refractivity contribution in [2.75, 3.05) is 6.54 Å². The van der Waals surface area contributed by atoms with E-state index in [1.165, 1.54) is 11.1 Å². The van der Waals surface area contributed by atoms with Crippen LogP contribution >= 0.6 is 12.4 Å². The molecule has 0 atom stereocenters. The molecule has 2 aromatic carbocycles. The molecule has 0 aliphatic rings. The molecule has 0 saturated heterocycles. The van der Waals surface area contributed by atoms with E-state index in [-0.39, 0.29) is 18.3 Å². The Morgan fingerprint density at radius 3 is 1.72 bits per heavy atom. The molecule has 2 aromatic rings. The topological polar surface area (TPSA) is 46.3 Å². The number of carbonyl (C=O) groups is 1. The Bertz CT molecular complexity index is 548. The van der Waals surface area contributed by atoms with Crippen molar-refractivity contribution < 1.29 is 4.79 Å². The monoisotopic (exact) mass is 360 g/mol. The lowest BCUT2D eigenvalue weighted by atomic mass is 10.1. The molecule has 0 fully saturated rings. The van der Waals surface area contributed by atoms with Gasteiger partial charge in [-0.15, -0.1) is 12.4 Å². The Hall–Kier alpha value is -1.84. The van der Waals surface area contributed by atoms with Crippen molar-refractivity contribution in [3.63, 3.8) is 0 Å². The van der Waals surface area contributed by atoms with Crippen LogP contribution in [0.5, 0.6) is 0 Å². The van der Waals surface area contributed by atoms with E-state index in [0.29, 0.717) is 19.5 Å². The van der Waals surface area contributed by atoms with Crippen LogP contribution in [0, 0.1) is 0 Å². The Balaban J connectivity index is 0.00000312. The second-order valence-corrected chi connectivity index (χ2v) is 6.17. The van der Waals surface area contributed by atoms with Gasteiger partial charge in [0.05, 0.1) is 0 Å². The summed E-state index contributed by atoms with van der Waals surface area (Å²) in [5, 5.41) is 0. The molecule has 0 aliphatic heterocycles. The van der Waals surface area contributed by atoms with Gasteiger partial charge in [0.2, 0.25) is 5.91 Å². The van der Waals surface area contributed by atoms with Gasteiger partial charge in [-0.25, -0.2) is 0 Å². The maximum atomic E-state index is 12.7. The first-order valence-electron chi connectivity index (χ1n) is 8.85. The first-order chi connectivity index (χ1) is 11.8. The maximum Gasteiger partial charge on any atom is 0.223 e. The quantitative estimate of drug-likeness (QED) is 0.632. The lowest BCUT2D eigenvalue weighted by molar-refractivity contribution is -0.132. The van der Waals surface area contributed by atoms with Crippen LogP contribution in [0.4, 0.5) is 0 Å². The molecule has 3 nitrogen and oxygen atoms in total. The minimum Gasteiger partial charge on any atom is -0.334 e. The van der Waals surface area contributed by atoms with E-state index >= 15 is 0 Å². The third-order valence-corrected chi connectivity index (χ3v) is 4.13. The number of benzene rings is 2. The highest BCUT2D eigenvalue weighted by atomic mass is 35.5. The number of halogens is 1. The zero-order chi connectivity index (χ0) is 17.0. The molecule has 0 aromatic heterocycles. The summed E-state index contributed by atoms with van der Waals surface area (Å²) in [5.41, 5.74) is 7.86. The summed E-state index contributed by atoms with van der Waals surface area (Å²) in [5.74, 6) is 0.232. The van der Waals surface area contributed by atoms with Gasteiger partial charge in [-0.05, 0) is 30.5 Å². The van der Waals surface area contributed by atoms with Crippen molar-refractivity contribution in [1.29, 1.82) is 0 Å². The average molecular weight is 361 g/mol. The third-order valence-electron chi connectivity index (χ3n) is 4.13. The fourth-order valence-electron chi connectivity index (χ4n) is 2.77. The predicted molar refractivity (Wildman–Crippen MR) is 107 cm³/mol. The van der Waals surface area contributed by atoms with Gasteiger partial charge in [-0.1, -0.05) is 73.5 Å². The van der Waals surface area contributed by atoms with Crippen LogP contribution < -0.4 is 5.73 Å². The predicted octanol–water partition coefficient (Wildman–Crippen LogP) is 4.55. The highest BCUT2D eigenvalue weighted by Gasteiger charge is 2.14. The number of nitrogens with zero attached hydrogens (tertiary/aromatic N) is 1. The average Bonchev–Trinajstić information content (AvgIpc) is 2.62. The maximum absolute atomic E-state index is 12.7. The normalized spacial score (nSPS) is 10.1. The summed E-state index contributed by atoms with van der Waals surface area (Å²) in [6, 6.07) is 20.4. The molecule has 0 radical (unpaired) electrons. The Morgan fingerprint density at radius 1 is 0.760 bits per heavy atom. The SMILES string of the molecule is Cl.NCCCCCCC(=O)N(Cc1ccccc1)Cc1ccccc1. The summed E-state index contributed by atoms with van der Waals surface area (Å²) in [7, 11) is 0. The molecule has 136 valence electrons. The number of hydrogen-bond donors (Lipinski definition) is 1. The van der Waals surface area contributed by atoms with Crippen LogP contribution in [-0.4, -0.2) is 17.4 Å². The Kier molecular flexibility index (Phi) is 10.6. The molecule has 0 saturated carbocycles. The van der Waals surface area contributed by atoms with Gasteiger partial charge >= 0.3 is 0 Å². The van der Waals surface area contributed by atoms with Crippen molar-refractivity contribution in [2.45, 2.75) is 45.2 Å². The van der Waals surface area contributed by atoms with Gasteiger partial charge in [-0.2, -0.15) is 0 Å². The van der Waals surface area contributed by atoms with Gasteiger partial charge in [-0.3, -0.25) is 4.79 Å². The summed E-state index contributed by atoms with van der Waals surface area (Å²) < 4.78 is 0. The van der Waals surface area contributed by atoms with E-state index in [4.69, 9.17) is 5.73 Å². The van der Waals surface area contributed by atoms with E-state index in [1.54, 1.807) is 0 Å². The molecule has 0 heterocycles. The summed E-state index contributed by atoms with van der Waals surface area (Å²) >= 11 is 0. The standard InChI is InChI=1S/C21H28N2O.ClH/c22-16-10-2-1-9-15-21(24)23(17-19-11-5-3-6-12-19)18-20-13-7-4-8-14-20;/h3-8,11-14H,1-2,9-10,15-18,22H2;1H. The first-order valence-corrected chi connectivity index (χ1v) is 8.85. The Labute approximate surface area is 157 Å². The van der Waals surface area contributed by atoms with Crippen molar-refractivity contribution in [3.8, 4) is 0 Å². The van der Waals surface area contributed by atoms with Crippen molar-refractivity contribution in [3.05, 3.63) is 71.8 Å². The number of nitrogens with two attached hydrogens (primary N) is 1. The number of hydrogen-bond acceptors (Lipinski definition) is 2. The van der Waals surface area contributed by atoms with E-state index in [2.05, 4.69) is 24.3 Å². The third kappa shape index (κ3) is 8.19. The summed E-state index contributed by atoms with van der Waals surface area (Å²) in [6.45, 7) is 2.07. The highest BCUT2D eigenvalue weighted by molar-refractivity contribution is 5.85. The number of unbranched alkanes of at least 4 members (excludes halogenated alkanes) is 3. The smallest absolute Gasteiger partial charge is 0.223 e. The summed E-state index contributed by atoms with van der Waals surface area (Å²) in [4.78, 5) is 14.7. The van der Waals surface area contributed by atoms with Gasteiger partial charge in [0.15, 0.2) is 0 Å². The molecule has 0 bridgehead atoms.